The quantitative estimate of drug-likeness (QED) is 0.819. The number of thiocarbonyl (C=S) groups is 1. The Labute approximate surface area is 142 Å². The maximum Gasteiger partial charge on any atom is 0.358 e. The monoisotopic (exact) mass is 349 g/mol. The van der Waals surface area contributed by atoms with Gasteiger partial charge >= 0.3 is 10.9 Å². The molecule has 0 unspecified atom stereocenters. The van der Waals surface area contributed by atoms with Crippen molar-refractivity contribution in [2.45, 2.75) is 12.5 Å². The van der Waals surface area contributed by atoms with Gasteiger partial charge in [-0.15, -0.1) is 0 Å². The van der Waals surface area contributed by atoms with E-state index in [1.54, 1.807) is 12.1 Å². The SMILES string of the molecule is Nc1ccn([C@@H]2CO[C@H](COC(=S)Oc3ccccc3)O2)c(=O)n1. The lowest BCUT2D eigenvalue weighted by Crippen LogP contribution is -2.29. The Morgan fingerprint density at radius 1 is 1.38 bits per heavy atom. The van der Waals surface area contributed by atoms with E-state index < -0.39 is 18.2 Å². The Bertz CT molecular complexity index is 767. The average molecular weight is 349 g/mol. The number of hydrogen-bond acceptors (Lipinski definition) is 8. The van der Waals surface area contributed by atoms with Crippen LogP contribution in [0.3, 0.4) is 0 Å². The zero-order valence-electron chi connectivity index (χ0n) is 12.5. The predicted octanol–water partition coefficient (Wildman–Crippen LogP) is 1.08. The van der Waals surface area contributed by atoms with Crippen molar-refractivity contribution in [3.8, 4) is 5.75 Å². The number of nitrogens with zero attached hydrogens (tertiary/aromatic N) is 2. The van der Waals surface area contributed by atoms with Crippen LogP contribution in [0.2, 0.25) is 0 Å². The van der Waals surface area contributed by atoms with Crippen molar-refractivity contribution < 1.29 is 18.9 Å². The molecule has 2 heterocycles. The van der Waals surface area contributed by atoms with Gasteiger partial charge in [-0.3, -0.25) is 4.57 Å². The van der Waals surface area contributed by atoms with Crippen LogP contribution >= 0.6 is 12.2 Å². The van der Waals surface area contributed by atoms with Crippen LogP contribution in [-0.4, -0.2) is 34.3 Å². The third kappa shape index (κ3) is 4.07. The molecule has 0 spiro atoms. The molecule has 126 valence electrons. The summed E-state index contributed by atoms with van der Waals surface area (Å²) in [5.41, 5.74) is 4.95. The molecule has 2 aromatic rings. The van der Waals surface area contributed by atoms with E-state index >= 15 is 0 Å². The van der Waals surface area contributed by atoms with Crippen LogP contribution in [0.1, 0.15) is 6.23 Å². The van der Waals surface area contributed by atoms with Gasteiger partial charge in [-0.1, -0.05) is 18.2 Å². The molecule has 0 bridgehead atoms. The van der Waals surface area contributed by atoms with Crippen LogP contribution in [0.5, 0.6) is 5.75 Å². The molecular weight excluding hydrogens is 334 g/mol. The number of anilines is 1. The summed E-state index contributed by atoms with van der Waals surface area (Å²) in [6, 6.07) is 10.5. The zero-order valence-corrected chi connectivity index (χ0v) is 13.3. The number of benzene rings is 1. The third-order valence-electron chi connectivity index (χ3n) is 3.18. The van der Waals surface area contributed by atoms with Gasteiger partial charge in [-0.2, -0.15) is 4.98 Å². The molecule has 1 aliphatic rings. The highest BCUT2D eigenvalue weighted by molar-refractivity contribution is 7.79. The van der Waals surface area contributed by atoms with Crippen molar-refractivity contribution in [1.29, 1.82) is 0 Å². The molecule has 0 saturated carbocycles. The van der Waals surface area contributed by atoms with Crippen LogP contribution in [-0.2, 0) is 14.2 Å². The second-order valence-electron chi connectivity index (χ2n) is 4.87. The lowest BCUT2D eigenvalue weighted by molar-refractivity contribution is -0.0981. The van der Waals surface area contributed by atoms with Crippen molar-refractivity contribution in [2.24, 2.45) is 0 Å². The van der Waals surface area contributed by atoms with Crippen molar-refractivity contribution in [2.75, 3.05) is 18.9 Å². The summed E-state index contributed by atoms with van der Waals surface area (Å²) in [7, 11) is 0. The first-order valence-electron chi connectivity index (χ1n) is 7.13. The van der Waals surface area contributed by atoms with Gasteiger partial charge in [0.2, 0.25) is 0 Å². The second-order valence-corrected chi connectivity index (χ2v) is 5.21. The highest BCUT2D eigenvalue weighted by atomic mass is 32.1. The topological polar surface area (TPSA) is 97.8 Å². The lowest BCUT2D eigenvalue weighted by atomic mass is 10.3. The van der Waals surface area contributed by atoms with Crippen molar-refractivity contribution in [3.63, 3.8) is 0 Å². The van der Waals surface area contributed by atoms with Crippen LogP contribution < -0.4 is 16.2 Å². The smallest absolute Gasteiger partial charge is 0.358 e. The molecule has 0 aliphatic carbocycles. The first kappa shape index (κ1) is 16.4. The first-order chi connectivity index (χ1) is 11.6. The second kappa shape index (κ2) is 7.39. The summed E-state index contributed by atoms with van der Waals surface area (Å²) in [6.07, 6.45) is 0.241. The largest absolute Gasteiger partial charge is 0.451 e. The van der Waals surface area contributed by atoms with E-state index in [-0.39, 0.29) is 24.3 Å². The van der Waals surface area contributed by atoms with Crippen LogP contribution in [0.15, 0.2) is 47.4 Å². The van der Waals surface area contributed by atoms with Crippen molar-refractivity contribution in [3.05, 3.63) is 53.1 Å². The molecule has 8 nitrogen and oxygen atoms in total. The van der Waals surface area contributed by atoms with Gasteiger partial charge in [0.25, 0.3) is 0 Å². The van der Waals surface area contributed by atoms with Crippen LogP contribution in [0.25, 0.3) is 0 Å². The lowest BCUT2D eigenvalue weighted by Gasteiger charge is -2.14. The maximum atomic E-state index is 11.8. The number of nitrogen functional groups attached to an aromatic ring is 1. The van der Waals surface area contributed by atoms with Gasteiger partial charge in [0.05, 0.1) is 6.61 Å². The number of rotatable bonds is 4. The molecule has 9 heteroatoms. The van der Waals surface area contributed by atoms with Gasteiger partial charge in [-0.05, 0) is 18.2 Å². The average Bonchev–Trinajstić information content (AvgIpc) is 3.02. The molecule has 1 aromatic heterocycles. The van der Waals surface area contributed by atoms with Gasteiger partial charge in [0.15, 0.2) is 12.5 Å². The molecular formula is C15H15N3O5S. The molecule has 2 atom stereocenters. The number of aromatic nitrogens is 2. The predicted molar refractivity (Wildman–Crippen MR) is 88.4 cm³/mol. The fourth-order valence-electron chi connectivity index (χ4n) is 2.07. The van der Waals surface area contributed by atoms with Crippen LogP contribution in [0, 0.1) is 0 Å². The van der Waals surface area contributed by atoms with Crippen LogP contribution in [0.4, 0.5) is 5.82 Å². The highest BCUT2D eigenvalue weighted by Crippen LogP contribution is 2.20. The normalized spacial score (nSPS) is 19.8. The Morgan fingerprint density at radius 3 is 2.92 bits per heavy atom. The molecule has 2 N–H and O–H groups in total. The van der Waals surface area contributed by atoms with Gasteiger partial charge in [0, 0.05) is 18.4 Å². The minimum atomic E-state index is -0.670. The van der Waals surface area contributed by atoms with E-state index in [1.165, 1.54) is 16.8 Å². The molecule has 3 rings (SSSR count). The van der Waals surface area contributed by atoms with E-state index in [0.717, 1.165) is 0 Å². The summed E-state index contributed by atoms with van der Waals surface area (Å²) in [5.74, 6) is 0.728. The Morgan fingerprint density at radius 2 is 2.17 bits per heavy atom. The van der Waals surface area contributed by atoms with Crippen molar-refractivity contribution >= 4 is 23.3 Å². The number of ether oxygens (including phenoxy) is 4. The van der Waals surface area contributed by atoms with Gasteiger partial charge in [0.1, 0.15) is 18.2 Å². The van der Waals surface area contributed by atoms with Gasteiger partial charge in [-0.25, -0.2) is 4.79 Å². The summed E-state index contributed by atoms with van der Waals surface area (Å²) in [5, 5.41) is -0.0387. The fraction of sp³-hybridized carbons (Fsp3) is 0.267. The molecule has 1 saturated heterocycles. The molecule has 1 fully saturated rings. The fourth-order valence-corrected chi connectivity index (χ4v) is 2.24. The zero-order chi connectivity index (χ0) is 16.9. The van der Waals surface area contributed by atoms with Crippen molar-refractivity contribution in [1.82, 2.24) is 9.55 Å². The minimum absolute atomic E-state index is 0.0387. The molecule has 1 aliphatic heterocycles. The third-order valence-corrected chi connectivity index (χ3v) is 3.38. The highest BCUT2D eigenvalue weighted by Gasteiger charge is 2.29. The molecule has 0 amide bonds. The summed E-state index contributed by atoms with van der Waals surface area (Å²) < 4.78 is 23.0. The number of nitrogens with two attached hydrogens (primary N) is 1. The first-order valence-corrected chi connectivity index (χ1v) is 7.54. The number of hydrogen-bond donors (Lipinski definition) is 1. The maximum absolute atomic E-state index is 11.8. The minimum Gasteiger partial charge on any atom is -0.451 e. The molecule has 0 radical (unpaired) electrons. The Kier molecular flexibility index (Phi) is 5.04. The molecule has 24 heavy (non-hydrogen) atoms. The number of para-hydroxylation sites is 1. The molecule has 1 aromatic carbocycles. The van der Waals surface area contributed by atoms with Gasteiger partial charge < -0.3 is 24.7 Å². The summed E-state index contributed by atoms with van der Waals surface area (Å²) in [4.78, 5) is 15.4. The van der Waals surface area contributed by atoms with E-state index in [2.05, 4.69) is 4.98 Å². The van der Waals surface area contributed by atoms with E-state index in [1.807, 2.05) is 18.2 Å². The summed E-state index contributed by atoms with van der Waals surface area (Å²) in [6.45, 7) is 0.227. The Balaban J connectivity index is 1.49. The Hall–Kier alpha value is -2.49. The van der Waals surface area contributed by atoms with E-state index in [4.69, 9.17) is 36.9 Å². The standard InChI is InChI=1S/C15H15N3O5S/c16-11-6-7-18(14(19)17-11)12-8-20-13(23-12)9-21-15(24)22-10-4-2-1-3-5-10/h1-7,12-13H,8-9H2,(H2,16,17,19)/t12-,13-/m0/s1. The van der Waals surface area contributed by atoms with E-state index in [0.29, 0.717) is 5.75 Å². The van der Waals surface area contributed by atoms with E-state index in [9.17, 15) is 4.79 Å². The summed E-state index contributed by atoms with van der Waals surface area (Å²) >= 11 is 4.99.